The van der Waals surface area contributed by atoms with Crippen LogP contribution in [-0.4, -0.2) is 42.3 Å². The number of amides is 1. The third kappa shape index (κ3) is 2.37. The summed E-state index contributed by atoms with van der Waals surface area (Å²) in [6.45, 7) is 6.05. The van der Waals surface area contributed by atoms with Gasteiger partial charge in [0.15, 0.2) is 0 Å². The largest absolute Gasteiger partial charge is 0.467 e. The Bertz CT molecular complexity index is 347. The number of fused-ring (bicyclic) bond motifs is 1. The van der Waals surface area contributed by atoms with E-state index in [4.69, 9.17) is 9.47 Å². The highest BCUT2D eigenvalue weighted by Crippen LogP contribution is 2.50. The molecule has 1 saturated heterocycles. The van der Waals surface area contributed by atoms with Crippen LogP contribution in [0.1, 0.15) is 27.2 Å². The van der Waals surface area contributed by atoms with Gasteiger partial charge in [0.1, 0.15) is 11.6 Å². The van der Waals surface area contributed by atoms with Gasteiger partial charge in [-0.2, -0.15) is 0 Å². The lowest BCUT2D eigenvalue weighted by molar-refractivity contribution is -0.146. The summed E-state index contributed by atoms with van der Waals surface area (Å²) in [5, 5.41) is 0. The zero-order valence-corrected chi connectivity index (χ0v) is 10.7. The summed E-state index contributed by atoms with van der Waals surface area (Å²) in [7, 11) is 1.35. The molecule has 5 nitrogen and oxygen atoms in total. The van der Waals surface area contributed by atoms with Gasteiger partial charge in [0, 0.05) is 6.54 Å². The molecule has 0 spiro atoms. The van der Waals surface area contributed by atoms with Gasteiger partial charge in [0.05, 0.1) is 7.11 Å². The molecule has 0 bridgehead atoms. The van der Waals surface area contributed by atoms with Gasteiger partial charge in [-0.25, -0.2) is 9.59 Å². The van der Waals surface area contributed by atoms with Crippen molar-refractivity contribution >= 4 is 12.1 Å². The van der Waals surface area contributed by atoms with Crippen LogP contribution in [0.3, 0.4) is 0 Å². The molecule has 1 saturated carbocycles. The molecule has 1 heterocycles. The van der Waals surface area contributed by atoms with Crippen LogP contribution >= 0.6 is 0 Å². The average molecular weight is 241 g/mol. The minimum absolute atomic E-state index is 0.273. The van der Waals surface area contributed by atoms with Crippen LogP contribution in [0.15, 0.2) is 0 Å². The molecule has 1 amide bonds. The lowest BCUT2D eigenvalue weighted by Crippen LogP contribution is -2.46. The summed E-state index contributed by atoms with van der Waals surface area (Å²) in [6, 6.07) is -0.445. The van der Waals surface area contributed by atoms with Crippen LogP contribution in [0.4, 0.5) is 4.79 Å². The molecule has 1 aliphatic carbocycles. The molecule has 5 heteroatoms. The SMILES string of the molecule is COC(=O)[C@@H]1C2C[C@H]2CN1C(=O)OC(C)(C)C. The minimum Gasteiger partial charge on any atom is -0.467 e. The molecule has 0 aromatic heterocycles. The van der Waals surface area contributed by atoms with Crippen LogP contribution in [0.2, 0.25) is 0 Å². The van der Waals surface area contributed by atoms with E-state index in [0.717, 1.165) is 6.42 Å². The quantitative estimate of drug-likeness (QED) is 0.651. The molecule has 3 atom stereocenters. The zero-order chi connectivity index (χ0) is 12.8. The van der Waals surface area contributed by atoms with E-state index in [1.165, 1.54) is 12.0 Å². The molecule has 0 aromatic carbocycles. The maximum absolute atomic E-state index is 12.0. The first kappa shape index (κ1) is 12.2. The summed E-state index contributed by atoms with van der Waals surface area (Å²) in [4.78, 5) is 25.1. The van der Waals surface area contributed by atoms with Gasteiger partial charge in [-0.1, -0.05) is 0 Å². The Kier molecular flexibility index (Phi) is 2.79. The second-order valence-electron chi connectivity index (χ2n) is 5.76. The van der Waals surface area contributed by atoms with E-state index in [0.29, 0.717) is 12.5 Å². The highest BCUT2D eigenvalue weighted by Gasteiger charge is 2.58. The Morgan fingerprint density at radius 3 is 2.47 bits per heavy atom. The lowest BCUT2D eigenvalue weighted by atomic mass is 10.2. The van der Waals surface area contributed by atoms with Crippen molar-refractivity contribution in [2.45, 2.75) is 38.8 Å². The molecule has 2 rings (SSSR count). The van der Waals surface area contributed by atoms with Crippen molar-refractivity contribution in [2.24, 2.45) is 11.8 Å². The number of hydrogen-bond donors (Lipinski definition) is 0. The second-order valence-corrected chi connectivity index (χ2v) is 5.76. The van der Waals surface area contributed by atoms with E-state index in [1.54, 1.807) is 0 Å². The highest BCUT2D eigenvalue weighted by atomic mass is 16.6. The van der Waals surface area contributed by atoms with E-state index in [1.807, 2.05) is 20.8 Å². The summed E-state index contributed by atoms with van der Waals surface area (Å²) in [6.07, 6.45) is 0.596. The first-order chi connectivity index (χ1) is 7.83. The number of methoxy groups -OCH3 is 1. The Balaban J connectivity index is 2.05. The Hall–Kier alpha value is -1.26. The number of esters is 1. The number of carbonyl (C=O) groups is 2. The fourth-order valence-corrected chi connectivity index (χ4v) is 2.40. The van der Waals surface area contributed by atoms with E-state index in [-0.39, 0.29) is 11.9 Å². The maximum Gasteiger partial charge on any atom is 0.411 e. The summed E-state index contributed by atoms with van der Waals surface area (Å²) >= 11 is 0. The Morgan fingerprint density at radius 2 is 1.94 bits per heavy atom. The summed E-state index contributed by atoms with van der Waals surface area (Å²) in [5.74, 6) is 0.391. The smallest absolute Gasteiger partial charge is 0.411 e. The molecule has 1 unspecified atom stereocenters. The molecule has 17 heavy (non-hydrogen) atoms. The monoisotopic (exact) mass is 241 g/mol. The molecular weight excluding hydrogens is 222 g/mol. The molecule has 0 aromatic rings. The van der Waals surface area contributed by atoms with Crippen molar-refractivity contribution in [3.63, 3.8) is 0 Å². The average Bonchev–Trinajstić information content (AvgIpc) is 2.86. The molecule has 2 fully saturated rings. The number of rotatable bonds is 1. The number of likely N-dealkylation sites (tertiary alicyclic amines) is 1. The van der Waals surface area contributed by atoms with Gasteiger partial charge in [0.2, 0.25) is 0 Å². The molecule has 2 aliphatic rings. The van der Waals surface area contributed by atoms with Crippen LogP contribution in [0.5, 0.6) is 0 Å². The molecule has 0 N–H and O–H groups in total. The lowest BCUT2D eigenvalue weighted by Gasteiger charge is -2.28. The number of piperidine rings is 1. The topological polar surface area (TPSA) is 55.8 Å². The van der Waals surface area contributed by atoms with Crippen LogP contribution in [0.25, 0.3) is 0 Å². The van der Waals surface area contributed by atoms with Crippen molar-refractivity contribution in [1.82, 2.24) is 4.90 Å². The fraction of sp³-hybridized carbons (Fsp3) is 0.833. The number of nitrogens with zero attached hydrogens (tertiary/aromatic N) is 1. The predicted molar refractivity (Wildman–Crippen MR) is 60.3 cm³/mol. The van der Waals surface area contributed by atoms with Crippen molar-refractivity contribution in [3.05, 3.63) is 0 Å². The number of hydrogen-bond acceptors (Lipinski definition) is 4. The van der Waals surface area contributed by atoms with Gasteiger partial charge < -0.3 is 9.47 Å². The summed E-state index contributed by atoms with van der Waals surface area (Å²) < 4.78 is 10.0. The molecular formula is C12H19NO4. The van der Waals surface area contributed by atoms with Crippen LogP contribution < -0.4 is 0 Å². The third-order valence-corrected chi connectivity index (χ3v) is 3.22. The Morgan fingerprint density at radius 1 is 1.29 bits per heavy atom. The Labute approximate surface area is 101 Å². The maximum atomic E-state index is 12.0. The molecule has 96 valence electrons. The van der Waals surface area contributed by atoms with Gasteiger partial charge in [-0.05, 0) is 39.0 Å². The van der Waals surface area contributed by atoms with Crippen LogP contribution in [-0.2, 0) is 14.3 Å². The number of ether oxygens (including phenoxy) is 2. The normalized spacial score (nSPS) is 30.8. The van der Waals surface area contributed by atoms with Gasteiger partial charge in [-0.15, -0.1) is 0 Å². The van der Waals surface area contributed by atoms with E-state index < -0.39 is 17.7 Å². The van der Waals surface area contributed by atoms with Gasteiger partial charge >= 0.3 is 12.1 Å². The highest BCUT2D eigenvalue weighted by molar-refractivity contribution is 5.83. The predicted octanol–water partition coefficient (Wildman–Crippen LogP) is 1.41. The van der Waals surface area contributed by atoms with Crippen molar-refractivity contribution in [1.29, 1.82) is 0 Å². The van der Waals surface area contributed by atoms with Gasteiger partial charge in [0.25, 0.3) is 0 Å². The van der Waals surface area contributed by atoms with E-state index in [9.17, 15) is 9.59 Å². The van der Waals surface area contributed by atoms with E-state index >= 15 is 0 Å². The fourth-order valence-electron chi connectivity index (χ4n) is 2.40. The van der Waals surface area contributed by atoms with E-state index in [2.05, 4.69) is 0 Å². The van der Waals surface area contributed by atoms with Gasteiger partial charge in [-0.3, -0.25) is 4.90 Å². The first-order valence-corrected chi connectivity index (χ1v) is 5.91. The summed E-state index contributed by atoms with van der Waals surface area (Å²) in [5.41, 5.74) is -0.537. The second kappa shape index (κ2) is 3.89. The van der Waals surface area contributed by atoms with Crippen molar-refractivity contribution < 1.29 is 19.1 Å². The number of carbonyl (C=O) groups excluding carboxylic acids is 2. The van der Waals surface area contributed by atoms with Crippen LogP contribution in [0, 0.1) is 11.8 Å². The first-order valence-electron chi connectivity index (χ1n) is 5.91. The van der Waals surface area contributed by atoms with Crippen molar-refractivity contribution in [2.75, 3.05) is 13.7 Å². The minimum atomic E-state index is -0.537. The third-order valence-electron chi connectivity index (χ3n) is 3.22. The molecule has 1 aliphatic heterocycles. The standard InChI is InChI=1S/C12H19NO4/c1-12(2,3)17-11(15)13-6-7-5-8(7)9(13)10(14)16-4/h7-9H,5-6H2,1-4H3/t7-,8?,9-/m0/s1. The van der Waals surface area contributed by atoms with Crippen molar-refractivity contribution in [3.8, 4) is 0 Å². The zero-order valence-electron chi connectivity index (χ0n) is 10.7. The molecule has 0 radical (unpaired) electrons.